The normalized spacial score (nSPS) is 10.6. The van der Waals surface area contributed by atoms with Crippen LogP contribution in [-0.4, -0.2) is 27.0 Å². The number of imidazole rings is 1. The predicted octanol–water partition coefficient (Wildman–Crippen LogP) is 4.44. The number of carbonyl (C=O) groups is 1. The molecule has 2 amide bonds. The zero-order chi connectivity index (χ0) is 19.3. The van der Waals surface area contributed by atoms with E-state index >= 15 is 0 Å². The van der Waals surface area contributed by atoms with E-state index in [4.69, 9.17) is 4.74 Å². The Morgan fingerprint density at radius 2 is 1.89 bits per heavy atom. The van der Waals surface area contributed by atoms with Crippen LogP contribution in [0, 0.1) is 0 Å². The molecule has 4 aromatic rings. The lowest BCUT2D eigenvalue weighted by atomic mass is 10.1. The van der Waals surface area contributed by atoms with Crippen LogP contribution >= 0.6 is 0 Å². The molecule has 2 N–H and O–H groups in total. The molecular formula is C21H19N5O2. The van der Waals surface area contributed by atoms with Crippen molar-refractivity contribution in [3.8, 4) is 17.0 Å². The van der Waals surface area contributed by atoms with Crippen molar-refractivity contribution < 1.29 is 9.53 Å². The molecule has 4 rings (SSSR count). The van der Waals surface area contributed by atoms with E-state index in [-0.39, 0.29) is 6.03 Å². The molecule has 0 fully saturated rings. The van der Waals surface area contributed by atoms with Crippen LogP contribution < -0.4 is 15.4 Å². The minimum absolute atomic E-state index is 0.321. The number of hydrogen-bond donors (Lipinski definition) is 2. The van der Waals surface area contributed by atoms with Crippen LogP contribution in [0.5, 0.6) is 5.75 Å². The van der Waals surface area contributed by atoms with Gasteiger partial charge >= 0.3 is 6.03 Å². The molecule has 0 unspecified atom stereocenters. The van der Waals surface area contributed by atoms with Crippen LogP contribution in [0.2, 0.25) is 0 Å². The van der Waals surface area contributed by atoms with E-state index in [1.54, 1.807) is 18.3 Å². The number of nitrogens with zero attached hydrogens (tertiary/aromatic N) is 3. The summed E-state index contributed by atoms with van der Waals surface area (Å²) in [6, 6.07) is 16.3. The summed E-state index contributed by atoms with van der Waals surface area (Å²) >= 11 is 0. The van der Waals surface area contributed by atoms with Gasteiger partial charge in [0.1, 0.15) is 5.75 Å². The van der Waals surface area contributed by atoms with Gasteiger partial charge in [0.2, 0.25) is 5.78 Å². The molecule has 0 radical (unpaired) electrons. The van der Waals surface area contributed by atoms with Gasteiger partial charge < -0.3 is 15.4 Å². The van der Waals surface area contributed by atoms with Crippen molar-refractivity contribution in [2.24, 2.45) is 0 Å². The predicted molar refractivity (Wildman–Crippen MR) is 109 cm³/mol. The Balaban J connectivity index is 1.46. The maximum atomic E-state index is 12.3. The Kier molecular flexibility index (Phi) is 4.88. The molecule has 0 aliphatic carbocycles. The minimum atomic E-state index is -0.321. The van der Waals surface area contributed by atoms with Gasteiger partial charge in [0.25, 0.3) is 0 Å². The maximum Gasteiger partial charge on any atom is 0.323 e. The number of carbonyl (C=O) groups excluding carboxylic acids is 1. The van der Waals surface area contributed by atoms with Gasteiger partial charge in [0.05, 0.1) is 12.3 Å². The third kappa shape index (κ3) is 3.93. The van der Waals surface area contributed by atoms with Crippen LogP contribution in [0.25, 0.3) is 17.0 Å². The number of fused-ring (bicyclic) bond motifs is 1. The van der Waals surface area contributed by atoms with Crippen molar-refractivity contribution in [3.05, 3.63) is 73.2 Å². The molecule has 0 spiro atoms. The summed E-state index contributed by atoms with van der Waals surface area (Å²) in [5, 5.41) is 5.65. The van der Waals surface area contributed by atoms with Crippen molar-refractivity contribution in [2.75, 3.05) is 17.2 Å². The Hall–Kier alpha value is -3.87. The highest BCUT2D eigenvalue weighted by Gasteiger charge is 2.08. The van der Waals surface area contributed by atoms with Crippen molar-refractivity contribution in [2.45, 2.75) is 6.92 Å². The number of ether oxygens (including phenoxy) is 1. The highest BCUT2D eigenvalue weighted by molar-refractivity contribution is 6.00. The SMILES string of the molecule is CCOc1ccc(NC(=O)Nc2cccc(-c3cn4cccnc4n3)c2)cc1. The molecule has 0 atom stereocenters. The first-order chi connectivity index (χ1) is 13.7. The van der Waals surface area contributed by atoms with Crippen LogP contribution in [-0.2, 0) is 0 Å². The first-order valence-electron chi connectivity index (χ1n) is 8.92. The molecule has 7 nitrogen and oxygen atoms in total. The number of amides is 2. The quantitative estimate of drug-likeness (QED) is 0.542. The van der Waals surface area contributed by atoms with Crippen molar-refractivity contribution in [1.82, 2.24) is 14.4 Å². The lowest BCUT2D eigenvalue weighted by Gasteiger charge is -2.09. The first-order valence-corrected chi connectivity index (χ1v) is 8.92. The average molecular weight is 373 g/mol. The van der Waals surface area contributed by atoms with Gasteiger partial charge in [-0.25, -0.2) is 14.8 Å². The largest absolute Gasteiger partial charge is 0.494 e. The van der Waals surface area contributed by atoms with Gasteiger partial charge in [-0.15, -0.1) is 0 Å². The Bertz CT molecular complexity index is 1070. The van der Waals surface area contributed by atoms with E-state index in [1.807, 2.05) is 66.2 Å². The highest BCUT2D eigenvalue weighted by Crippen LogP contribution is 2.22. The molecule has 2 aromatic heterocycles. The van der Waals surface area contributed by atoms with Gasteiger partial charge in [0, 0.05) is 35.5 Å². The van der Waals surface area contributed by atoms with Crippen molar-refractivity contribution in [3.63, 3.8) is 0 Å². The summed E-state index contributed by atoms with van der Waals surface area (Å²) in [7, 11) is 0. The van der Waals surface area contributed by atoms with Gasteiger partial charge in [-0.05, 0) is 49.4 Å². The number of hydrogen-bond acceptors (Lipinski definition) is 4. The number of anilines is 2. The zero-order valence-corrected chi connectivity index (χ0v) is 15.3. The molecule has 7 heteroatoms. The molecule has 28 heavy (non-hydrogen) atoms. The van der Waals surface area contributed by atoms with Crippen LogP contribution in [0.4, 0.5) is 16.2 Å². The number of urea groups is 1. The summed E-state index contributed by atoms with van der Waals surface area (Å²) in [5.74, 6) is 1.40. The van der Waals surface area contributed by atoms with Gasteiger partial charge in [-0.3, -0.25) is 4.40 Å². The van der Waals surface area contributed by atoms with Gasteiger partial charge in [0.15, 0.2) is 0 Å². The zero-order valence-electron chi connectivity index (χ0n) is 15.3. The molecular weight excluding hydrogens is 354 g/mol. The summed E-state index contributed by atoms with van der Waals surface area (Å²) in [6.07, 6.45) is 5.50. The fraction of sp³-hybridized carbons (Fsp3) is 0.0952. The van der Waals surface area contributed by atoms with Gasteiger partial charge in [-0.1, -0.05) is 12.1 Å². The van der Waals surface area contributed by atoms with E-state index < -0.39 is 0 Å². The van der Waals surface area contributed by atoms with E-state index in [0.717, 1.165) is 17.0 Å². The number of nitrogens with one attached hydrogen (secondary N) is 2. The Morgan fingerprint density at radius 3 is 2.68 bits per heavy atom. The fourth-order valence-electron chi connectivity index (χ4n) is 2.82. The van der Waals surface area contributed by atoms with Crippen LogP contribution in [0.15, 0.2) is 73.2 Å². The van der Waals surface area contributed by atoms with E-state index in [9.17, 15) is 4.79 Å². The van der Waals surface area contributed by atoms with Gasteiger partial charge in [-0.2, -0.15) is 0 Å². The number of benzene rings is 2. The first kappa shape index (κ1) is 17.5. The summed E-state index contributed by atoms with van der Waals surface area (Å²) in [4.78, 5) is 21.0. The second-order valence-corrected chi connectivity index (χ2v) is 6.07. The molecule has 0 bridgehead atoms. The maximum absolute atomic E-state index is 12.3. The van der Waals surface area contributed by atoms with E-state index in [2.05, 4.69) is 20.6 Å². The molecule has 0 aliphatic rings. The number of aromatic nitrogens is 3. The molecule has 2 heterocycles. The lowest BCUT2D eigenvalue weighted by Crippen LogP contribution is -2.19. The smallest absolute Gasteiger partial charge is 0.323 e. The molecule has 140 valence electrons. The second-order valence-electron chi connectivity index (χ2n) is 6.07. The van der Waals surface area contributed by atoms with Crippen molar-refractivity contribution in [1.29, 1.82) is 0 Å². The van der Waals surface area contributed by atoms with E-state index in [0.29, 0.717) is 23.8 Å². The topological polar surface area (TPSA) is 80.5 Å². The van der Waals surface area contributed by atoms with Crippen molar-refractivity contribution >= 4 is 23.2 Å². The highest BCUT2D eigenvalue weighted by atomic mass is 16.5. The Labute approximate surface area is 162 Å². The van der Waals surface area contributed by atoms with E-state index in [1.165, 1.54) is 0 Å². The average Bonchev–Trinajstić information content (AvgIpc) is 3.14. The molecule has 0 saturated carbocycles. The molecule has 0 saturated heterocycles. The standard InChI is InChI=1S/C21H19N5O2/c1-2-28-18-9-7-16(8-10-18)23-21(27)24-17-6-3-5-15(13-17)19-14-26-12-4-11-22-20(26)25-19/h3-14H,2H2,1H3,(H2,23,24,27). The molecule has 2 aromatic carbocycles. The van der Waals surface area contributed by atoms with Crippen LogP contribution in [0.3, 0.4) is 0 Å². The third-order valence-electron chi connectivity index (χ3n) is 4.07. The third-order valence-corrected chi connectivity index (χ3v) is 4.07. The summed E-state index contributed by atoms with van der Waals surface area (Å²) in [6.45, 7) is 2.53. The van der Waals surface area contributed by atoms with Crippen LogP contribution in [0.1, 0.15) is 6.92 Å². The lowest BCUT2D eigenvalue weighted by molar-refractivity contribution is 0.262. The number of rotatable bonds is 5. The Morgan fingerprint density at radius 1 is 1.07 bits per heavy atom. The fourth-order valence-corrected chi connectivity index (χ4v) is 2.82. The monoisotopic (exact) mass is 373 g/mol. The molecule has 0 aliphatic heterocycles. The summed E-state index contributed by atoms with van der Waals surface area (Å²) in [5.41, 5.74) is 3.04. The summed E-state index contributed by atoms with van der Waals surface area (Å²) < 4.78 is 7.25. The second kappa shape index (κ2) is 7.79. The minimum Gasteiger partial charge on any atom is -0.494 e.